The highest BCUT2D eigenvalue weighted by Gasteiger charge is 2.32. The van der Waals surface area contributed by atoms with Crippen LogP contribution in [0.25, 0.3) is 0 Å². The summed E-state index contributed by atoms with van der Waals surface area (Å²) < 4.78 is 31.6. The van der Waals surface area contributed by atoms with Gasteiger partial charge in [-0.25, -0.2) is 8.42 Å². The highest BCUT2D eigenvalue weighted by molar-refractivity contribution is 7.92. The number of nitrogens with zero attached hydrogens (tertiary/aromatic N) is 2. The summed E-state index contributed by atoms with van der Waals surface area (Å²) in [6, 6.07) is 10.5. The quantitative estimate of drug-likeness (QED) is 0.414. The van der Waals surface area contributed by atoms with Crippen molar-refractivity contribution in [1.82, 2.24) is 10.2 Å². The number of halogens is 2. The molecule has 0 aliphatic rings. The van der Waals surface area contributed by atoms with E-state index in [0.717, 1.165) is 17.0 Å². The topological polar surface area (TPSA) is 96.0 Å². The number of anilines is 1. The van der Waals surface area contributed by atoms with Crippen molar-refractivity contribution in [2.45, 2.75) is 52.2 Å². The highest BCUT2D eigenvalue weighted by Crippen LogP contribution is 2.26. The summed E-state index contributed by atoms with van der Waals surface area (Å²) in [7, 11) is -2.37. The van der Waals surface area contributed by atoms with Gasteiger partial charge in [-0.3, -0.25) is 13.9 Å². The van der Waals surface area contributed by atoms with Gasteiger partial charge in [0.1, 0.15) is 18.3 Å². The molecular formula is C25H33Cl2N3O5S. The average molecular weight is 559 g/mol. The van der Waals surface area contributed by atoms with Crippen molar-refractivity contribution in [3.63, 3.8) is 0 Å². The lowest BCUT2D eigenvalue weighted by molar-refractivity contribution is -0.140. The molecule has 0 spiro atoms. The van der Waals surface area contributed by atoms with Crippen molar-refractivity contribution in [3.05, 3.63) is 58.1 Å². The molecule has 198 valence electrons. The first-order chi connectivity index (χ1) is 16.9. The summed E-state index contributed by atoms with van der Waals surface area (Å²) in [6.07, 6.45) is 2.07. The largest absolute Gasteiger partial charge is 0.497 e. The lowest BCUT2D eigenvalue weighted by atomic mass is 10.1. The van der Waals surface area contributed by atoms with Crippen molar-refractivity contribution in [3.8, 4) is 5.75 Å². The Hall–Kier alpha value is -2.49. The third-order valence-electron chi connectivity index (χ3n) is 5.74. The Kier molecular flexibility index (Phi) is 10.9. The van der Waals surface area contributed by atoms with Crippen LogP contribution in [0.1, 0.15) is 39.2 Å². The van der Waals surface area contributed by atoms with Crippen LogP contribution in [0.5, 0.6) is 5.75 Å². The number of benzene rings is 2. The molecule has 1 N–H and O–H groups in total. The summed E-state index contributed by atoms with van der Waals surface area (Å²) in [5.41, 5.74) is 0.927. The zero-order valence-corrected chi connectivity index (χ0v) is 23.5. The number of nitrogens with one attached hydrogen (secondary N) is 1. The summed E-state index contributed by atoms with van der Waals surface area (Å²) in [5.74, 6) is -0.409. The first kappa shape index (κ1) is 29.7. The van der Waals surface area contributed by atoms with Crippen LogP contribution >= 0.6 is 23.2 Å². The van der Waals surface area contributed by atoms with Gasteiger partial charge in [-0.1, -0.05) is 49.2 Å². The Morgan fingerprint density at radius 1 is 1.06 bits per heavy atom. The molecule has 0 radical (unpaired) electrons. The maximum atomic E-state index is 13.7. The number of sulfonamides is 1. The molecule has 0 heterocycles. The molecule has 36 heavy (non-hydrogen) atoms. The minimum absolute atomic E-state index is 0.0396. The van der Waals surface area contributed by atoms with Crippen LogP contribution in [0.15, 0.2) is 42.5 Å². The zero-order chi connectivity index (χ0) is 27.0. The fraction of sp³-hybridized carbons (Fsp3) is 0.440. The van der Waals surface area contributed by atoms with E-state index in [9.17, 15) is 18.0 Å². The van der Waals surface area contributed by atoms with Gasteiger partial charge < -0.3 is 15.0 Å². The molecule has 8 nitrogen and oxygen atoms in total. The second-order valence-corrected chi connectivity index (χ2v) is 11.2. The summed E-state index contributed by atoms with van der Waals surface area (Å²) in [5, 5.41) is 3.60. The van der Waals surface area contributed by atoms with E-state index in [1.54, 1.807) is 43.3 Å². The molecule has 0 bridgehead atoms. The van der Waals surface area contributed by atoms with Gasteiger partial charge in [0.25, 0.3) is 0 Å². The fourth-order valence-corrected chi connectivity index (χ4v) is 4.74. The molecule has 0 fully saturated rings. The lowest BCUT2D eigenvalue weighted by Crippen LogP contribution is -2.53. The van der Waals surface area contributed by atoms with Gasteiger partial charge in [-0.15, -0.1) is 0 Å². The second kappa shape index (κ2) is 13.2. The third-order valence-corrected chi connectivity index (χ3v) is 7.62. The van der Waals surface area contributed by atoms with Crippen molar-refractivity contribution in [2.24, 2.45) is 0 Å². The number of rotatable bonds is 12. The molecule has 11 heteroatoms. The van der Waals surface area contributed by atoms with Crippen LogP contribution in [-0.2, 0) is 26.2 Å². The van der Waals surface area contributed by atoms with Gasteiger partial charge in [0, 0.05) is 18.7 Å². The Morgan fingerprint density at radius 3 is 2.31 bits per heavy atom. The SMILES string of the molecule is CC[C@@H](C)NC(=O)[C@H](CC)N(Cc1ccc(Cl)c(Cl)c1)C(=O)CN(c1cccc(OC)c1)S(C)(=O)=O. The van der Waals surface area contributed by atoms with Crippen molar-refractivity contribution >= 4 is 50.7 Å². The van der Waals surface area contributed by atoms with Crippen LogP contribution in [0.3, 0.4) is 0 Å². The number of carbonyl (C=O) groups excluding carboxylic acids is 2. The van der Waals surface area contributed by atoms with E-state index in [1.807, 2.05) is 13.8 Å². The molecule has 0 saturated heterocycles. The third kappa shape index (κ3) is 8.01. The molecule has 2 rings (SSSR count). The van der Waals surface area contributed by atoms with Crippen LogP contribution in [0, 0.1) is 0 Å². The van der Waals surface area contributed by atoms with Gasteiger partial charge in [0.15, 0.2) is 0 Å². The molecule has 0 aliphatic carbocycles. The molecule has 2 amide bonds. The smallest absolute Gasteiger partial charge is 0.244 e. The van der Waals surface area contributed by atoms with Gasteiger partial charge in [-0.05, 0) is 49.6 Å². The standard InChI is InChI=1S/C25H33Cl2N3O5S/c1-6-17(3)28-25(32)23(7-2)29(15-18-11-12-21(26)22(27)13-18)24(31)16-30(36(5,33)34)19-9-8-10-20(14-19)35-4/h8-14,17,23H,6-7,15-16H2,1-5H3,(H,28,32)/t17-,23+/m1/s1. The van der Waals surface area contributed by atoms with Gasteiger partial charge >= 0.3 is 0 Å². The maximum Gasteiger partial charge on any atom is 0.244 e. The van der Waals surface area contributed by atoms with Crippen LogP contribution in [-0.4, -0.2) is 57.1 Å². The Balaban J connectivity index is 2.47. The monoisotopic (exact) mass is 557 g/mol. The predicted molar refractivity (Wildman–Crippen MR) is 144 cm³/mol. The van der Waals surface area contributed by atoms with E-state index >= 15 is 0 Å². The Morgan fingerprint density at radius 2 is 1.75 bits per heavy atom. The molecule has 2 aromatic carbocycles. The molecule has 0 aliphatic heterocycles. The summed E-state index contributed by atoms with van der Waals surface area (Å²) >= 11 is 12.2. The van der Waals surface area contributed by atoms with Crippen molar-refractivity contribution in [1.29, 1.82) is 0 Å². The van der Waals surface area contributed by atoms with Crippen LogP contribution in [0.2, 0.25) is 10.0 Å². The zero-order valence-electron chi connectivity index (χ0n) is 21.1. The number of carbonyl (C=O) groups is 2. The minimum Gasteiger partial charge on any atom is -0.497 e. The molecule has 0 unspecified atom stereocenters. The van der Waals surface area contributed by atoms with Gasteiger partial charge in [0.2, 0.25) is 21.8 Å². The molecule has 0 saturated carbocycles. The average Bonchev–Trinajstić information content (AvgIpc) is 2.83. The molecule has 2 aromatic rings. The van der Waals surface area contributed by atoms with E-state index in [4.69, 9.17) is 27.9 Å². The Labute approximate surface area is 223 Å². The van der Waals surface area contributed by atoms with Crippen molar-refractivity contribution < 1.29 is 22.7 Å². The number of methoxy groups -OCH3 is 1. The van der Waals surface area contributed by atoms with E-state index in [0.29, 0.717) is 27.8 Å². The van der Waals surface area contributed by atoms with Crippen LogP contribution in [0.4, 0.5) is 5.69 Å². The molecule has 2 atom stereocenters. The summed E-state index contributed by atoms with van der Waals surface area (Å²) in [4.78, 5) is 28.2. The van der Waals surface area contributed by atoms with E-state index in [2.05, 4.69) is 5.32 Å². The summed E-state index contributed by atoms with van der Waals surface area (Å²) in [6.45, 7) is 5.16. The minimum atomic E-state index is -3.84. The first-order valence-electron chi connectivity index (χ1n) is 11.6. The van der Waals surface area contributed by atoms with Crippen LogP contribution < -0.4 is 14.4 Å². The normalized spacial score (nSPS) is 13.0. The van der Waals surface area contributed by atoms with E-state index < -0.39 is 28.5 Å². The fourth-order valence-electron chi connectivity index (χ4n) is 3.57. The molecule has 0 aromatic heterocycles. The number of amides is 2. The number of hydrogen-bond donors (Lipinski definition) is 1. The van der Waals surface area contributed by atoms with E-state index in [1.165, 1.54) is 18.1 Å². The predicted octanol–water partition coefficient (Wildman–Crippen LogP) is 4.49. The lowest BCUT2D eigenvalue weighted by Gasteiger charge is -2.33. The Bertz CT molecular complexity index is 1180. The first-order valence-corrected chi connectivity index (χ1v) is 14.2. The molecular weight excluding hydrogens is 525 g/mol. The van der Waals surface area contributed by atoms with E-state index in [-0.39, 0.29) is 24.2 Å². The maximum absolute atomic E-state index is 13.7. The number of hydrogen-bond acceptors (Lipinski definition) is 5. The van der Waals surface area contributed by atoms with Gasteiger partial charge in [-0.2, -0.15) is 0 Å². The van der Waals surface area contributed by atoms with Gasteiger partial charge in [0.05, 0.1) is 29.1 Å². The highest BCUT2D eigenvalue weighted by atomic mass is 35.5. The van der Waals surface area contributed by atoms with Crippen molar-refractivity contribution in [2.75, 3.05) is 24.2 Å². The number of ether oxygens (including phenoxy) is 1. The second-order valence-electron chi connectivity index (χ2n) is 8.48.